The van der Waals surface area contributed by atoms with E-state index in [2.05, 4.69) is 10.6 Å². The van der Waals surface area contributed by atoms with Crippen molar-refractivity contribution in [1.82, 2.24) is 10.6 Å². The summed E-state index contributed by atoms with van der Waals surface area (Å²) in [6, 6.07) is 15.6. The van der Waals surface area contributed by atoms with Crippen LogP contribution in [0.2, 0.25) is 0 Å². The molecule has 192 valence electrons. The molecule has 0 radical (unpaired) electrons. The van der Waals surface area contributed by atoms with Crippen molar-refractivity contribution in [2.24, 2.45) is 5.73 Å². The number of amides is 2. The van der Waals surface area contributed by atoms with E-state index >= 15 is 0 Å². The molecule has 2 amide bonds. The third kappa shape index (κ3) is 13.0. The maximum atomic E-state index is 12.9. The second-order valence-electron chi connectivity index (χ2n) is 9.27. The summed E-state index contributed by atoms with van der Waals surface area (Å²) >= 11 is 0. The van der Waals surface area contributed by atoms with Gasteiger partial charge in [0.25, 0.3) is 0 Å². The summed E-state index contributed by atoms with van der Waals surface area (Å²) in [7, 11) is 0. The highest BCUT2D eigenvalue weighted by atomic mass is 16.3. The lowest BCUT2D eigenvalue weighted by molar-refractivity contribution is -0.128. The number of nitrogens with one attached hydrogen (secondary N) is 2. The molecule has 5 N–H and O–H groups in total. The highest BCUT2D eigenvalue weighted by Gasteiger charge is 2.21. The maximum absolute atomic E-state index is 12.9. The molecule has 6 nitrogen and oxygen atoms in total. The second-order valence-corrected chi connectivity index (χ2v) is 9.27. The Hall–Kier alpha value is -2.86. The van der Waals surface area contributed by atoms with Gasteiger partial charge in [-0.05, 0) is 42.6 Å². The molecule has 0 aliphatic rings. The average Bonchev–Trinajstić information content (AvgIpc) is 2.86. The van der Waals surface area contributed by atoms with Crippen LogP contribution in [0.4, 0.5) is 0 Å². The monoisotopic (exact) mass is 481 g/mol. The van der Waals surface area contributed by atoms with Gasteiger partial charge < -0.3 is 21.5 Å². The van der Waals surface area contributed by atoms with Gasteiger partial charge in [0.1, 0.15) is 11.8 Å². The summed E-state index contributed by atoms with van der Waals surface area (Å²) in [5, 5.41) is 15.4. The SMILES string of the molecule is NCCCCCCCCCCCCNC(=O)[C@H](Cc1ccc(O)cc1)NC(=O)Cc1ccccc1. The lowest BCUT2D eigenvalue weighted by atomic mass is 10.0. The number of benzene rings is 2. The Labute approximate surface area is 210 Å². The molecule has 0 spiro atoms. The minimum Gasteiger partial charge on any atom is -0.508 e. The van der Waals surface area contributed by atoms with Crippen LogP contribution in [0.5, 0.6) is 5.75 Å². The van der Waals surface area contributed by atoms with Gasteiger partial charge in [-0.2, -0.15) is 0 Å². The number of unbranched alkanes of at least 4 members (excludes halogenated alkanes) is 9. The van der Waals surface area contributed by atoms with Gasteiger partial charge >= 0.3 is 0 Å². The summed E-state index contributed by atoms with van der Waals surface area (Å²) in [6.45, 7) is 1.41. The normalized spacial score (nSPS) is 11.7. The molecule has 0 aliphatic carbocycles. The Kier molecular flexibility index (Phi) is 14.2. The van der Waals surface area contributed by atoms with Crippen molar-refractivity contribution in [1.29, 1.82) is 0 Å². The van der Waals surface area contributed by atoms with E-state index in [9.17, 15) is 14.7 Å². The maximum Gasteiger partial charge on any atom is 0.242 e. The van der Waals surface area contributed by atoms with Gasteiger partial charge in [0.05, 0.1) is 6.42 Å². The summed E-state index contributed by atoms with van der Waals surface area (Å²) in [5.41, 5.74) is 7.31. The Morgan fingerprint density at radius 1 is 0.743 bits per heavy atom. The van der Waals surface area contributed by atoms with Crippen LogP contribution in [-0.2, 0) is 22.4 Å². The molecular formula is C29H43N3O3. The van der Waals surface area contributed by atoms with Gasteiger partial charge in [0.2, 0.25) is 11.8 Å². The van der Waals surface area contributed by atoms with Crippen molar-refractivity contribution in [2.75, 3.05) is 13.1 Å². The molecule has 1 atom stereocenters. The van der Waals surface area contributed by atoms with Gasteiger partial charge in [-0.1, -0.05) is 93.8 Å². The van der Waals surface area contributed by atoms with Crippen molar-refractivity contribution >= 4 is 11.8 Å². The van der Waals surface area contributed by atoms with Gasteiger partial charge in [0, 0.05) is 13.0 Å². The van der Waals surface area contributed by atoms with Crippen molar-refractivity contribution in [2.45, 2.75) is 83.1 Å². The van der Waals surface area contributed by atoms with E-state index in [4.69, 9.17) is 5.73 Å². The van der Waals surface area contributed by atoms with Crippen LogP contribution in [0, 0.1) is 0 Å². The molecular weight excluding hydrogens is 438 g/mol. The standard InChI is InChI=1S/C29H43N3O3/c30-20-12-7-5-3-1-2-4-6-8-13-21-31-29(35)27(22-25-16-18-26(33)19-17-25)32-28(34)23-24-14-10-9-11-15-24/h9-11,14-19,27,33H,1-8,12-13,20-23,30H2,(H,31,35)(H,32,34)/t27-/m0/s1. The predicted molar refractivity (Wildman–Crippen MR) is 142 cm³/mol. The van der Waals surface area contributed by atoms with Gasteiger partial charge in [-0.3, -0.25) is 9.59 Å². The molecule has 0 saturated heterocycles. The van der Waals surface area contributed by atoms with Crippen LogP contribution in [0.15, 0.2) is 54.6 Å². The molecule has 0 saturated carbocycles. The number of hydrogen-bond acceptors (Lipinski definition) is 4. The molecule has 0 heterocycles. The zero-order valence-electron chi connectivity index (χ0n) is 21.0. The van der Waals surface area contributed by atoms with Gasteiger partial charge in [0.15, 0.2) is 0 Å². The number of nitrogens with two attached hydrogens (primary N) is 1. The van der Waals surface area contributed by atoms with Gasteiger partial charge in [-0.25, -0.2) is 0 Å². The molecule has 2 rings (SSSR count). The highest BCUT2D eigenvalue weighted by Crippen LogP contribution is 2.13. The minimum atomic E-state index is -0.657. The summed E-state index contributed by atoms with van der Waals surface area (Å²) in [5.74, 6) is -0.176. The summed E-state index contributed by atoms with van der Waals surface area (Å²) in [6.07, 6.45) is 12.6. The average molecular weight is 482 g/mol. The Bertz CT molecular complexity index is 840. The first kappa shape index (κ1) is 28.4. The number of hydrogen-bond donors (Lipinski definition) is 4. The Balaban J connectivity index is 1.71. The van der Waals surface area contributed by atoms with Crippen LogP contribution in [0.1, 0.15) is 75.3 Å². The van der Waals surface area contributed by atoms with Crippen LogP contribution in [-0.4, -0.2) is 36.1 Å². The fourth-order valence-electron chi connectivity index (χ4n) is 4.12. The minimum absolute atomic E-state index is 0.169. The van der Waals surface area contributed by atoms with E-state index in [0.717, 1.165) is 36.9 Å². The molecule has 35 heavy (non-hydrogen) atoms. The first-order valence-corrected chi connectivity index (χ1v) is 13.2. The van der Waals surface area contributed by atoms with Gasteiger partial charge in [-0.15, -0.1) is 0 Å². The Morgan fingerprint density at radius 2 is 1.31 bits per heavy atom. The van der Waals surface area contributed by atoms with Crippen LogP contribution in [0.3, 0.4) is 0 Å². The van der Waals surface area contributed by atoms with E-state index < -0.39 is 6.04 Å². The molecule has 0 bridgehead atoms. The predicted octanol–water partition coefficient (Wildman–Crippen LogP) is 4.64. The van der Waals surface area contributed by atoms with Crippen molar-refractivity contribution < 1.29 is 14.7 Å². The largest absolute Gasteiger partial charge is 0.508 e. The molecule has 0 aliphatic heterocycles. The van der Waals surface area contributed by atoms with E-state index in [1.165, 1.54) is 44.9 Å². The van der Waals surface area contributed by atoms with E-state index in [0.29, 0.717) is 13.0 Å². The molecule has 6 heteroatoms. The molecule has 0 unspecified atom stereocenters. The molecule has 2 aromatic rings. The zero-order chi connectivity index (χ0) is 25.1. The fourth-order valence-corrected chi connectivity index (χ4v) is 4.12. The lowest BCUT2D eigenvalue weighted by Gasteiger charge is -2.19. The lowest BCUT2D eigenvalue weighted by Crippen LogP contribution is -2.48. The third-order valence-corrected chi connectivity index (χ3v) is 6.17. The first-order valence-electron chi connectivity index (χ1n) is 13.2. The fraction of sp³-hybridized carbons (Fsp3) is 0.517. The summed E-state index contributed by atoms with van der Waals surface area (Å²) < 4.78 is 0. The van der Waals surface area contributed by atoms with Crippen molar-refractivity contribution in [3.8, 4) is 5.75 Å². The Morgan fingerprint density at radius 3 is 1.91 bits per heavy atom. The number of phenols is 1. The highest BCUT2D eigenvalue weighted by molar-refractivity contribution is 5.88. The van der Waals surface area contributed by atoms with E-state index in [-0.39, 0.29) is 24.0 Å². The van der Waals surface area contributed by atoms with Crippen LogP contribution >= 0.6 is 0 Å². The van der Waals surface area contributed by atoms with E-state index in [1.54, 1.807) is 24.3 Å². The number of phenolic OH excluding ortho intramolecular Hbond substituents is 1. The van der Waals surface area contributed by atoms with Crippen LogP contribution < -0.4 is 16.4 Å². The molecule has 2 aromatic carbocycles. The molecule has 0 aromatic heterocycles. The second kappa shape index (κ2) is 17.6. The topological polar surface area (TPSA) is 104 Å². The number of aromatic hydroxyl groups is 1. The van der Waals surface area contributed by atoms with Crippen LogP contribution in [0.25, 0.3) is 0 Å². The number of carbonyl (C=O) groups is 2. The van der Waals surface area contributed by atoms with Crippen molar-refractivity contribution in [3.63, 3.8) is 0 Å². The number of carbonyl (C=O) groups excluding carboxylic acids is 2. The van der Waals surface area contributed by atoms with Crippen molar-refractivity contribution in [3.05, 3.63) is 65.7 Å². The zero-order valence-corrected chi connectivity index (χ0v) is 21.0. The quantitative estimate of drug-likeness (QED) is 0.233. The third-order valence-electron chi connectivity index (χ3n) is 6.17. The number of rotatable bonds is 18. The first-order chi connectivity index (χ1) is 17.1. The molecule has 0 fully saturated rings. The summed E-state index contributed by atoms with van der Waals surface area (Å²) in [4.78, 5) is 25.5. The smallest absolute Gasteiger partial charge is 0.242 e. The van der Waals surface area contributed by atoms with E-state index in [1.807, 2.05) is 30.3 Å².